The van der Waals surface area contributed by atoms with Gasteiger partial charge in [0, 0.05) is 12.1 Å². The standard InChI is InChI=1S/C11H6F6N3O/c12-10(13,14)7-6(20-4-2-1-3-5-20)8(21)19-9(18-7)11(15,16)17/h1-6H/q+1. The van der Waals surface area contributed by atoms with Crippen LogP contribution in [0.4, 0.5) is 26.3 Å². The first-order chi connectivity index (χ1) is 9.60. The number of carbonyl (C=O) groups is 1. The van der Waals surface area contributed by atoms with Crippen LogP contribution in [0.5, 0.6) is 0 Å². The Morgan fingerprint density at radius 2 is 1.48 bits per heavy atom. The summed E-state index contributed by atoms with van der Waals surface area (Å²) in [6.45, 7) is 0. The molecule has 1 aromatic heterocycles. The minimum absolute atomic E-state index is 0.797. The molecule has 0 saturated heterocycles. The highest BCUT2D eigenvalue weighted by molar-refractivity contribution is 6.19. The third-order valence-electron chi connectivity index (χ3n) is 2.52. The first-order valence-corrected chi connectivity index (χ1v) is 5.42. The van der Waals surface area contributed by atoms with Crippen molar-refractivity contribution >= 4 is 17.5 Å². The van der Waals surface area contributed by atoms with E-state index in [9.17, 15) is 31.1 Å². The quantitative estimate of drug-likeness (QED) is 0.578. The average Bonchev–Trinajstić information content (AvgIpc) is 2.36. The summed E-state index contributed by atoms with van der Waals surface area (Å²) in [6.07, 6.45) is -8.22. The normalized spacial score (nSPS) is 20.1. The van der Waals surface area contributed by atoms with Crippen LogP contribution in [-0.2, 0) is 4.79 Å². The lowest BCUT2D eigenvalue weighted by molar-refractivity contribution is -0.694. The van der Waals surface area contributed by atoms with Crippen molar-refractivity contribution in [3.63, 3.8) is 0 Å². The summed E-state index contributed by atoms with van der Waals surface area (Å²) >= 11 is 0. The molecule has 1 aliphatic rings. The maximum absolute atomic E-state index is 12.9. The van der Waals surface area contributed by atoms with E-state index in [1.807, 2.05) is 0 Å². The second-order valence-electron chi connectivity index (χ2n) is 3.99. The smallest absolute Gasteiger partial charge is 0.264 e. The summed E-state index contributed by atoms with van der Waals surface area (Å²) in [5.74, 6) is -3.69. The molecule has 2 heterocycles. The number of aromatic nitrogens is 1. The summed E-state index contributed by atoms with van der Waals surface area (Å²) in [5, 5.41) is 0. The number of rotatable bonds is 1. The van der Waals surface area contributed by atoms with Gasteiger partial charge in [0.05, 0.1) is 0 Å². The number of amidine groups is 1. The molecule has 4 nitrogen and oxygen atoms in total. The maximum Gasteiger partial charge on any atom is 0.451 e. The number of hydrogen-bond acceptors (Lipinski definition) is 2. The van der Waals surface area contributed by atoms with Gasteiger partial charge in [0.15, 0.2) is 12.4 Å². The first-order valence-electron chi connectivity index (χ1n) is 5.42. The van der Waals surface area contributed by atoms with Crippen molar-refractivity contribution in [3.05, 3.63) is 30.6 Å². The molecule has 0 bridgehead atoms. The van der Waals surface area contributed by atoms with Crippen LogP contribution in [0.3, 0.4) is 0 Å². The lowest BCUT2D eigenvalue weighted by Gasteiger charge is -2.19. The molecule has 1 aliphatic heterocycles. The Balaban J connectivity index is 2.56. The van der Waals surface area contributed by atoms with Gasteiger partial charge in [-0.3, -0.25) is 4.79 Å². The van der Waals surface area contributed by atoms with E-state index in [0.29, 0.717) is 0 Å². The molecule has 21 heavy (non-hydrogen) atoms. The Kier molecular flexibility index (Phi) is 3.56. The predicted octanol–water partition coefficient (Wildman–Crippen LogP) is 2.02. The summed E-state index contributed by atoms with van der Waals surface area (Å²) < 4.78 is 76.8. The molecule has 1 amide bonds. The molecule has 0 saturated carbocycles. The molecule has 0 spiro atoms. The zero-order valence-electron chi connectivity index (χ0n) is 9.98. The van der Waals surface area contributed by atoms with Crippen molar-refractivity contribution in [1.82, 2.24) is 0 Å². The topological polar surface area (TPSA) is 45.7 Å². The number of amides is 1. The molecule has 112 valence electrons. The zero-order valence-corrected chi connectivity index (χ0v) is 9.98. The molecule has 0 radical (unpaired) electrons. The van der Waals surface area contributed by atoms with Gasteiger partial charge in [-0.2, -0.15) is 35.9 Å². The van der Waals surface area contributed by atoms with Gasteiger partial charge in [0.25, 0.3) is 6.04 Å². The molecular weight excluding hydrogens is 304 g/mol. The van der Waals surface area contributed by atoms with E-state index in [0.717, 1.165) is 17.0 Å². The number of alkyl halides is 6. The first kappa shape index (κ1) is 15.1. The molecule has 2 rings (SSSR count). The second kappa shape index (κ2) is 4.93. The molecule has 0 fully saturated rings. The van der Waals surface area contributed by atoms with Crippen molar-refractivity contribution in [2.75, 3.05) is 0 Å². The van der Waals surface area contributed by atoms with E-state index >= 15 is 0 Å². The van der Waals surface area contributed by atoms with Gasteiger partial charge in [0.2, 0.25) is 11.5 Å². The molecule has 1 unspecified atom stereocenters. The van der Waals surface area contributed by atoms with Gasteiger partial charge in [-0.05, 0) is 0 Å². The Bertz CT molecular complexity index is 617. The van der Waals surface area contributed by atoms with Gasteiger partial charge < -0.3 is 0 Å². The van der Waals surface area contributed by atoms with E-state index in [-0.39, 0.29) is 0 Å². The van der Waals surface area contributed by atoms with Gasteiger partial charge in [-0.1, -0.05) is 6.07 Å². The molecule has 1 aromatic rings. The third kappa shape index (κ3) is 3.09. The van der Waals surface area contributed by atoms with Crippen LogP contribution in [-0.4, -0.2) is 29.8 Å². The minimum Gasteiger partial charge on any atom is -0.264 e. The lowest BCUT2D eigenvalue weighted by atomic mass is 10.1. The lowest BCUT2D eigenvalue weighted by Crippen LogP contribution is -2.54. The monoisotopic (exact) mass is 310 g/mol. The number of halogens is 6. The van der Waals surface area contributed by atoms with Crippen molar-refractivity contribution in [3.8, 4) is 0 Å². The van der Waals surface area contributed by atoms with Crippen LogP contribution in [0.2, 0.25) is 0 Å². The van der Waals surface area contributed by atoms with Gasteiger partial charge in [0.1, 0.15) is 0 Å². The fraction of sp³-hybridized carbons (Fsp3) is 0.273. The SMILES string of the molecule is O=C1N=C(C(F)(F)F)N=C(C(F)(F)F)C1[n+]1ccccc1. The van der Waals surface area contributed by atoms with Crippen molar-refractivity contribution < 1.29 is 35.7 Å². The Morgan fingerprint density at radius 3 is 1.95 bits per heavy atom. The van der Waals surface area contributed by atoms with Gasteiger partial charge in [-0.15, -0.1) is 0 Å². The number of pyridine rings is 1. The Morgan fingerprint density at radius 1 is 0.905 bits per heavy atom. The van der Waals surface area contributed by atoms with Crippen LogP contribution in [0.15, 0.2) is 40.6 Å². The van der Waals surface area contributed by atoms with E-state index in [2.05, 4.69) is 9.98 Å². The largest absolute Gasteiger partial charge is 0.451 e. The third-order valence-corrected chi connectivity index (χ3v) is 2.52. The highest BCUT2D eigenvalue weighted by atomic mass is 19.4. The molecular formula is C11H6F6N3O+. The highest BCUT2D eigenvalue weighted by Gasteiger charge is 2.54. The van der Waals surface area contributed by atoms with Crippen molar-refractivity contribution in [1.29, 1.82) is 0 Å². The average molecular weight is 310 g/mol. The van der Waals surface area contributed by atoms with Crippen molar-refractivity contribution in [2.45, 2.75) is 18.4 Å². The van der Waals surface area contributed by atoms with Crippen LogP contribution >= 0.6 is 0 Å². The van der Waals surface area contributed by atoms with E-state index < -0.39 is 35.8 Å². The molecule has 0 aliphatic carbocycles. The van der Waals surface area contributed by atoms with E-state index in [4.69, 9.17) is 0 Å². The Hall–Kier alpha value is -2.26. The number of hydrogen-bond donors (Lipinski definition) is 0. The van der Waals surface area contributed by atoms with E-state index in [1.54, 1.807) is 0 Å². The summed E-state index contributed by atoms with van der Waals surface area (Å²) in [6, 6.07) is 2.05. The van der Waals surface area contributed by atoms with Crippen LogP contribution in [0, 0.1) is 0 Å². The molecule has 0 aromatic carbocycles. The predicted molar refractivity (Wildman–Crippen MR) is 57.7 cm³/mol. The van der Waals surface area contributed by atoms with Crippen molar-refractivity contribution in [2.24, 2.45) is 9.98 Å². The fourth-order valence-electron chi connectivity index (χ4n) is 1.68. The van der Waals surface area contributed by atoms with E-state index in [1.165, 1.54) is 18.2 Å². The number of nitrogens with zero attached hydrogens (tertiary/aromatic N) is 3. The molecule has 10 heteroatoms. The van der Waals surface area contributed by atoms with Gasteiger partial charge >= 0.3 is 18.3 Å². The van der Waals surface area contributed by atoms with Gasteiger partial charge in [-0.25, -0.2) is 4.99 Å². The second-order valence-corrected chi connectivity index (χ2v) is 3.99. The maximum atomic E-state index is 12.9. The number of aliphatic imine (C=N–C) groups is 2. The summed E-state index contributed by atoms with van der Waals surface area (Å²) in [5.41, 5.74) is -1.86. The fourth-order valence-corrected chi connectivity index (χ4v) is 1.68. The number of carbonyl (C=O) groups excluding carboxylic acids is 1. The van der Waals surface area contributed by atoms with Crippen LogP contribution in [0.25, 0.3) is 0 Å². The minimum atomic E-state index is -5.24. The molecule has 0 N–H and O–H groups in total. The summed E-state index contributed by atoms with van der Waals surface area (Å²) in [4.78, 5) is 16.7. The Labute approximate surface area is 113 Å². The highest BCUT2D eigenvalue weighted by Crippen LogP contribution is 2.29. The van der Waals surface area contributed by atoms with Crippen LogP contribution in [0.1, 0.15) is 6.04 Å². The molecule has 1 atom stereocenters. The summed E-state index contributed by atoms with van der Waals surface area (Å²) in [7, 11) is 0. The zero-order chi connectivity index (χ0) is 15.8. The van der Waals surface area contributed by atoms with Crippen LogP contribution < -0.4 is 4.57 Å².